The van der Waals surface area contributed by atoms with Crippen molar-refractivity contribution in [3.8, 4) is 0 Å². The number of carbonyl (C=O) groups is 1. The van der Waals surface area contributed by atoms with Gasteiger partial charge in [0, 0.05) is 25.3 Å². The molecule has 0 atom stereocenters. The molecule has 0 amide bonds. The van der Waals surface area contributed by atoms with Crippen LogP contribution in [0.5, 0.6) is 0 Å². The first-order chi connectivity index (χ1) is 10.1. The van der Waals surface area contributed by atoms with Crippen LogP contribution in [0.3, 0.4) is 0 Å². The summed E-state index contributed by atoms with van der Waals surface area (Å²) < 4.78 is 9.35. The largest absolute Gasteiger partial charge is 0.356 e. The highest BCUT2D eigenvalue weighted by Gasteiger charge is 2.10. The summed E-state index contributed by atoms with van der Waals surface area (Å²) in [6.45, 7) is 1.83. The predicted octanol–water partition coefficient (Wildman–Crippen LogP) is 4.20. The van der Waals surface area contributed by atoms with Gasteiger partial charge >= 0.3 is 0 Å². The Kier molecular flexibility index (Phi) is 7.69. The van der Waals surface area contributed by atoms with Crippen molar-refractivity contribution in [2.24, 2.45) is 0 Å². The summed E-state index contributed by atoms with van der Waals surface area (Å²) in [5.41, 5.74) is 1.20. The lowest BCUT2D eigenvalue weighted by molar-refractivity contribution is -0.0877. The Morgan fingerprint density at radius 2 is 1.48 bits per heavy atom. The van der Waals surface area contributed by atoms with E-state index in [0.29, 0.717) is 16.1 Å². The van der Waals surface area contributed by atoms with Crippen LogP contribution in [0.1, 0.15) is 22.8 Å². The van der Waals surface area contributed by atoms with Gasteiger partial charge in [-0.1, -0.05) is 54.1 Å². The van der Waals surface area contributed by atoms with Gasteiger partial charge in [-0.3, -0.25) is 4.79 Å². The van der Waals surface area contributed by atoms with Gasteiger partial charge in [-0.25, -0.2) is 0 Å². The maximum absolute atomic E-state index is 12.0. The number of hydrogen-bond acceptors (Lipinski definition) is 3. The first kappa shape index (κ1) is 17.4. The van der Waals surface area contributed by atoms with E-state index in [9.17, 15) is 4.79 Å². The van der Waals surface area contributed by atoms with Gasteiger partial charge in [-0.15, -0.1) is 0 Å². The van der Waals surface area contributed by atoms with Crippen molar-refractivity contribution in [1.82, 2.24) is 0 Å². The molecule has 21 heavy (non-hydrogen) atoms. The summed E-state index contributed by atoms with van der Waals surface area (Å²) in [7, 11) is 3.21. The van der Waals surface area contributed by atoms with Gasteiger partial charge in [0.1, 0.15) is 0 Å². The average molecular weight is 307 g/mol. The van der Waals surface area contributed by atoms with E-state index in [0.717, 1.165) is 0 Å². The van der Waals surface area contributed by atoms with Gasteiger partial charge in [0.05, 0.1) is 5.02 Å². The van der Waals surface area contributed by atoms with Crippen molar-refractivity contribution in [2.75, 3.05) is 14.2 Å². The molecule has 0 aliphatic carbocycles. The molecule has 2 aromatic rings. The number of ketones is 1. The molecular formula is C17H19ClO3. The van der Waals surface area contributed by atoms with Gasteiger partial charge in [0.15, 0.2) is 12.1 Å². The van der Waals surface area contributed by atoms with E-state index in [2.05, 4.69) is 9.47 Å². The highest BCUT2D eigenvalue weighted by Crippen LogP contribution is 2.18. The summed E-state index contributed by atoms with van der Waals surface area (Å²) >= 11 is 5.95. The molecule has 4 heteroatoms. The number of halogens is 1. The Balaban J connectivity index is 0.000000315. The molecule has 0 saturated heterocycles. The van der Waals surface area contributed by atoms with Crippen LogP contribution in [0, 0.1) is 0 Å². The van der Waals surface area contributed by atoms with Crippen LogP contribution in [0.15, 0.2) is 54.6 Å². The first-order valence-electron chi connectivity index (χ1n) is 6.50. The Labute approximate surface area is 130 Å². The highest BCUT2D eigenvalue weighted by molar-refractivity contribution is 6.34. The minimum absolute atomic E-state index is 0.0406. The van der Waals surface area contributed by atoms with Gasteiger partial charge in [0.2, 0.25) is 0 Å². The third-order valence-corrected chi connectivity index (χ3v) is 3.15. The number of methoxy groups -OCH3 is 2. The third-order valence-electron chi connectivity index (χ3n) is 2.82. The topological polar surface area (TPSA) is 35.5 Å². The van der Waals surface area contributed by atoms with E-state index in [-0.39, 0.29) is 12.1 Å². The second-order valence-electron chi connectivity index (χ2n) is 4.21. The zero-order valence-electron chi connectivity index (χ0n) is 12.4. The quantitative estimate of drug-likeness (QED) is 0.627. The van der Waals surface area contributed by atoms with Gasteiger partial charge in [-0.05, 0) is 19.1 Å². The number of rotatable bonds is 4. The molecule has 0 aliphatic heterocycles. The lowest BCUT2D eigenvalue weighted by Crippen LogP contribution is -2.05. The summed E-state index contributed by atoms with van der Waals surface area (Å²) in [4.78, 5) is 12.0. The van der Waals surface area contributed by atoms with Crippen LogP contribution in [-0.2, 0) is 9.47 Å². The molecule has 0 unspecified atom stereocenters. The molecule has 0 spiro atoms. The van der Waals surface area contributed by atoms with Crippen molar-refractivity contribution in [2.45, 2.75) is 13.2 Å². The monoisotopic (exact) mass is 306 g/mol. The van der Waals surface area contributed by atoms with E-state index in [4.69, 9.17) is 11.6 Å². The number of benzene rings is 2. The standard InChI is InChI=1S/C13H9ClO.C4H10O2/c14-12-9-5-4-8-11(12)13(15)10-6-2-1-3-7-10;1-4(5-2)6-3/h1-9H;4H,1-3H3. The normalized spacial score (nSPS) is 9.95. The summed E-state index contributed by atoms with van der Waals surface area (Å²) in [5.74, 6) is -0.0406. The van der Waals surface area contributed by atoms with Crippen molar-refractivity contribution in [1.29, 1.82) is 0 Å². The molecule has 3 nitrogen and oxygen atoms in total. The fourth-order valence-corrected chi connectivity index (χ4v) is 1.71. The third kappa shape index (κ3) is 5.68. The van der Waals surface area contributed by atoms with E-state index in [1.54, 1.807) is 38.5 Å². The van der Waals surface area contributed by atoms with Gasteiger partial charge in [0.25, 0.3) is 0 Å². The lowest BCUT2D eigenvalue weighted by atomic mass is 10.0. The van der Waals surface area contributed by atoms with Crippen molar-refractivity contribution < 1.29 is 14.3 Å². The fourth-order valence-electron chi connectivity index (χ4n) is 1.49. The van der Waals surface area contributed by atoms with Crippen molar-refractivity contribution >= 4 is 17.4 Å². The van der Waals surface area contributed by atoms with E-state index < -0.39 is 0 Å². The summed E-state index contributed by atoms with van der Waals surface area (Å²) in [5, 5.41) is 0.492. The molecule has 0 bridgehead atoms. The highest BCUT2D eigenvalue weighted by atomic mass is 35.5. The molecule has 0 fully saturated rings. The van der Waals surface area contributed by atoms with Crippen LogP contribution >= 0.6 is 11.6 Å². The number of ether oxygens (including phenoxy) is 2. The molecular weight excluding hydrogens is 288 g/mol. The molecule has 0 aliphatic rings. The number of hydrogen-bond donors (Lipinski definition) is 0. The molecule has 0 aromatic heterocycles. The van der Waals surface area contributed by atoms with Gasteiger partial charge in [-0.2, -0.15) is 0 Å². The van der Waals surface area contributed by atoms with E-state index >= 15 is 0 Å². The van der Waals surface area contributed by atoms with Crippen molar-refractivity contribution in [3.05, 3.63) is 70.7 Å². The minimum atomic E-state index is -0.0648. The summed E-state index contributed by atoms with van der Waals surface area (Å²) in [6.07, 6.45) is -0.0648. The zero-order chi connectivity index (χ0) is 15.7. The maximum Gasteiger partial charge on any atom is 0.194 e. The molecule has 0 saturated carbocycles. The van der Waals surface area contributed by atoms with Crippen LogP contribution in [0.2, 0.25) is 5.02 Å². The molecule has 0 radical (unpaired) electrons. The smallest absolute Gasteiger partial charge is 0.194 e. The van der Waals surface area contributed by atoms with Crippen LogP contribution < -0.4 is 0 Å². The Morgan fingerprint density at radius 3 is 1.95 bits per heavy atom. The Hall–Kier alpha value is -1.68. The Morgan fingerprint density at radius 1 is 0.952 bits per heavy atom. The van der Waals surface area contributed by atoms with Crippen molar-refractivity contribution in [3.63, 3.8) is 0 Å². The second-order valence-corrected chi connectivity index (χ2v) is 4.62. The average Bonchev–Trinajstić information content (AvgIpc) is 2.55. The fraction of sp³-hybridized carbons (Fsp3) is 0.235. The molecule has 0 N–H and O–H groups in total. The Bertz CT molecular complexity index is 551. The first-order valence-corrected chi connectivity index (χ1v) is 6.87. The lowest BCUT2D eigenvalue weighted by Gasteiger charge is -2.03. The zero-order valence-corrected chi connectivity index (χ0v) is 13.1. The minimum Gasteiger partial charge on any atom is -0.356 e. The second kappa shape index (κ2) is 9.29. The van der Waals surface area contributed by atoms with E-state index in [1.165, 1.54) is 0 Å². The molecule has 112 valence electrons. The van der Waals surface area contributed by atoms with Crippen LogP contribution in [0.25, 0.3) is 0 Å². The van der Waals surface area contributed by atoms with Gasteiger partial charge < -0.3 is 9.47 Å². The predicted molar refractivity (Wildman–Crippen MR) is 84.8 cm³/mol. The molecule has 0 heterocycles. The number of carbonyl (C=O) groups excluding carboxylic acids is 1. The maximum atomic E-state index is 12.0. The van der Waals surface area contributed by atoms with Crippen LogP contribution in [-0.4, -0.2) is 26.3 Å². The SMILES string of the molecule is COC(C)OC.O=C(c1ccccc1)c1ccccc1Cl. The van der Waals surface area contributed by atoms with Crippen LogP contribution in [0.4, 0.5) is 0 Å². The van der Waals surface area contributed by atoms with E-state index in [1.807, 2.05) is 37.3 Å². The molecule has 2 rings (SSSR count). The molecule has 2 aromatic carbocycles. The summed E-state index contributed by atoms with van der Waals surface area (Å²) in [6, 6.07) is 16.2.